The van der Waals surface area contributed by atoms with Crippen LogP contribution in [0.25, 0.3) is 11.1 Å². The summed E-state index contributed by atoms with van der Waals surface area (Å²) in [7, 11) is 0. The monoisotopic (exact) mass is 353 g/mol. The molecular weight excluding hydrogens is 328 g/mol. The van der Waals surface area contributed by atoms with Crippen molar-refractivity contribution in [1.82, 2.24) is 0 Å². The van der Waals surface area contributed by atoms with Crippen molar-refractivity contribution in [2.45, 2.75) is 57.3 Å². The van der Waals surface area contributed by atoms with E-state index in [9.17, 15) is 8.78 Å². The third-order valence-corrected chi connectivity index (χ3v) is 5.65. The van der Waals surface area contributed by atoms with Crippen LogP contribution < -0.4 is 0 Å². The number of rotatable bonds is 5. The Kier molecular flexibility index (Phi) is 5.71. The van der Waals surface area contributed by atoms with Crippen LogP contribution in [-0.4, -0.2) is 0 Å². The predicted octanol–water partition coefficient (Wildman–Crippen LogP) is 7.04. The van der Waals surface area contributed by atoms with E-state index in [-0.39, 0.29) is 5.56 Å². The van der Waals surface area contributed by atoms with Crippen LogP contribution in [0.15, 0.2) is 48.5 Å². The first-order valence-corrected chi connectivity index (χ1v) is 9.53. The zero-order chi connectivity index (χ0) is 18.6. The molecule has 136 valence electrons. The molecule has 0 spiro atoms. The Morgan fingerprint density at radius 3 is 1.96 bits per heavy atom. The molecule has 0 radical (unpaired) electrons. The zero-order valence-electron chi connectivity index (χ0n) is 15.2. The van der Waals surface area contributed by atoms with Gasteiger partial charge in [0.2, 0.25) is 0 Å². The van der Waals surface area contributed by atoms with Gasteiger partial charge in [0.1, 0.15) is 6.07 Å². The van der Waals surface area contributed by atoms with E-state index in [0.29, 0.717) is 5.92 Å². The molecule has 1 fully saturated rings. The summed E-state index contributed by atoms with van der Waals surface area (Å²) in [5.41, 5.74) is 3.03. The average Bonchev–Trinajstić information content (AvgIpc) is 2.69. The first-order valence-electron chi connectivity index (χ1n) is 9.53. The van der Waals surface area contributed by atoms with E-state index in [1.807, 2.05) is 0 Å². The lowest BCUT2D eigenvalue weighted by Gasteiger charge is -2.28. The molecule has 0 saturated heterocycles. The predicted molar refractivity (Wildman–Crippen MR) is 101 cm³/mol. The summed E-state index contributed by atoms with van der Waals surface area (Å²) in [4.78, 5) is 0. The van der Waals surface area contributed by atoms with Crippen LogP contribution >= 0.6 is 0 Å². The highest BCUT2D eigenvalue weighted by Crippen LogP contribution is 2.38. The summed E-state index contributed by atoms with van der Waals surface area (Å²) in [5, 5.41) is 8.53. The zero-order valence-corrected chi connectivity index (χ0v) is 15.2. The maximum atomic E-state index is 13.4. The van der Waals surface area contributed by atoms with Gasteiger partial charge in [0.05, 0.1) is 0 Å². The number of nitriles is 1. The van der Waals surface area contributed by atoms with E-state index in [4.69, 9.17) is 5.26 Å². The smallest absolute Gasteiger partial charge is 0.191 e. The molecule has 1 aliphatic rings. The largest absolute Gasteiger partial charge is 0.357 e. The maximum absolute atomic E-state index is 13.4. The molecule has 3 rings (SSSR count). The summed E-state index contributed by atoms with van der Waals surface area (Å²) in [6.45, 7) is 2.26. The molecule has 0 aliphatic heterocycles. The Morgan fingerprint density at radius 1 is 0.923 bits per heavy atom. The summed E-state index contributed by atoms with van der Waals surface area (Å²) in [6.07, 6.45) is 7.82. The van der Waals surface area contributed by atoms with Gasteiger partial charge in [0, 0.05) is 5.56 Å². The number of alkyl halides is 2. The van der Waals surface area contributed by atoms with Crippen molar-refractivity contribution in [3.05, 3.63) is 59.7 Å². The highest BCUT2D eigenvalue weighted by Gasteiger charge is 2.30. The number of halogens is 2. The van der Waals surface area contributed by atoms with Gasteiger partial charge in [-0.1, -0.05) is 68.3 Å². The standard InChI is InChI=1S/C23H25F2N/c1-2-3-17-4-6-18(7-5-17)19-8-10-20(11-9-19)21-12-14-22(15-13-21)23(24,25)16-26/h8-15,17-18H,2-7H2,1H3. The van der Waals surface area contributed by atoms with Crippen molar-refractivity contribution < 1.29 is 8.78 Å². The molecule has 0 unspecified atom stereocenters. The van der Waals surface area contributed by atoms with Crippen LogP contribution in [0.1, 0.15) is 62.5 Å². The molecular formula is C23H25F2N. The Balaban J connectivity index is 1.68. The van der Waals surface area contributed by atoms with Crippen LogP contribution in [0.2, 0.25) is 0 Å². The van der Waals surface area contributed by atoms with Gasteiger partial charge in [-0.3, -0.25) is 0 Å². The molecule has 1 nitrogen and oxygen atoms in total. The van der Waals surface area contributed by atoms with Gasteiger partial charge in [-0.25, -0.2) is 0 Å². The van der Waals surface area contributed by atoms with Gasteiger partial charge >= 0.3 is 5.92 Å². The molecule has 0 bridgehead atoms. The molecule has 3 heteroatoms. The minimum Gasteiger partial charge on any atom is -0.191 e. The second-order valence-corrected chi connectivity index (χ2v) is 7.39. The molecule has 0 aromatic heterocycles. The van der Waals surface area contributed by atoms with Crippen molar-refractivity contribution in [3.63, 3.8) is 0 Å². The maximum Gasteiger partial charge on any atom is 0.357 e. The molecule has 1 aliphatic carbocycles. The second-order valence-electron chi connectivity index (χ2n) is 7.39. The van der Waals surface area contributed by atoms with Gasteiger partial charge < -0.3 is 0 Å². The van der Waals surface area contributed by atoms with Crippen LogP contribution in [0, 0.1) is 17.2 Å². The molecule has 0 heterocycles. The van der Waals surface area contributed by atoms with Crippen LogP contribution in [0.4, 0.5) is 8.78 Å². The van der Waals surface area contributed by atoms with Gasteiger partial charge in [-0.15, -0.1) is 0 Å². The van der Waals surface area contributed by atoms with Crippen molar-refractivity contribution in [3.8, 4) is 17.2 Å². The second kappa shape index (κ2) is 7.99. The van der Waals surface area contributed by atoms with E-state index in [2.05, 4.69) is 31.2 Å². The van der Waals surface area contributed by atoms with Gasteiger partial charge in [0.15, 0.2) is 0 Å². The fraction of sp³-hybridized carbons (Fsp3) is 0.435. The van der Waals surface area contributed by atoms with Gasteiger partial charge in [-0.05, 0) is 54.2 Å². The van der Waals surface area contributed by atoms with Crippen LogP contribution in [0.3, 0.4) is 0 Å². The van der Waals surface area contributed by atoms with Gasteiger partial charge in [-0.2, -0.15) is 14.0 Å². The van der Waals surface area contributed by atoms with E-state index >= 15 is 0 Å². The molecule has 26 heavy (non-hydrogen) atoms. The first-order chi connectivity index (χ1) is 12.5. The van der Waals surface area contributed by atoms with E-state index in [0.717, 1.165) is 23.1 Å². The lowest BCUT2D eigenvalue weighted by Crippen LogP contribution is -2.13. The minimum atomic E-state index is -3.43. The van der Waals surface area contributed by atoms with Crippen molar-refractivity contribution in [1.29, 1.82) is 5.26 Å². The number of nitrogens with zero attached hydrogens (tertiary/aromatic N) is 1. The van der Waals surface area contributed by atoms with Crippen molar-refractivity contribution >= 4 is 0 Å². The lowest BCUT2D eigenvalue weighted by molar-refractivity contribution is 0.0613. The number of hydrogen-bond acceptors (Lipinski definition) is 1. The SMILES string of the molecule is CCCC1CCC(c2ccc(-c3ccc(C(F)(F)C#N)cc3)cc2)CC1. The summed E-state index contributed by atoms with van der Waals surface area (Å²) < 4.78 is 26.8. The lowest BCUT2D eigenvalue weighted by atomic mass is 9.77. The van der Waals surface area contributed by atoms with Crippen LogP contribution in [-0.2, 0) is 5.92 Å². The highest BCUT2D eigenvalue weighted by atomic mass is 19.3. The van der Waals surface area contributed by atoms with E-state index in [1.165, 1.54) is 56.2 Å². The number of benzene rings is 2. The normalized spacial score (nSPS) is 20.5. The Hall–Kier alpha value is -2.21. The molecule has 1 saturated carbocycles. The fourth-order valence-corrected chi connectivity index (χ4v) is 4.08. The third kappa shape index (κ3) is 4.12. The van der Waals surface area contributed by atoms with Crippen LogP contribution in [0.5, 0.6) is 0 Å². The molecule has 2 aromatic rings. The molecule has 0 amide bonds. The fourth-order valence-electron chi connectivity index (χ4n) is 4.08. The Labute approximate surface area is 154 Å². The quantitative estimate of drug-likeness (QED) is 0.565. The molecule has 2 aromatic carbocycles. The number of hydrogen-bond donors (Lipinski definition) is 0. The Bertz CT molecular complexity index is 748. The van der Waals surface area contributed by atoms with Crippen molar-refractivity contribution in [2.24, 2.45) is 5.92 Å². The summed E-state index contributed by atoms with van der Waals surface area (Å²) in [6, 6.07) is 15.5. The average molecular weight is 353 g/mol. The minimum absolute atomic E-state index is 0.260. The van der Waals surface area contributed by atoms with E-state index < -0.39 is 5.92 Å². The topological polar surface area (TPSA) is 23.8 Å². The molecule has 0 N–H and O–H groups in total. The highest BCUT2D eigenvalue weighted by molar-refractivity contribution is 5.64. The first kappa shape index (κ1) is 18.6. The van der Waals surface area contributed by atoms with Gasteiger partial charge in [0.25, 0.3) is 0 Å². The van der Waals surface area contributed by atoms with E-state index in [1.54, 1.807) is 12.1 Å². The third-order valence-electron chi connectivity index (χ3n) is 5.65. The summed E-state index contributed by atoms with van der Waals surface area (Å²) in [5.74, 6) is -1.88. The summed E-state index contributed by atoms with van der Waals surface area (Å²) >= 11 is 0. The van der Waals surface area contributed by atoms with Crippen molar-refractivity contribution in [2.75, 3.05) is 0 Å². The Morgan fingerprint density at radius 2 is 1.46 bits per heavy atom. The molecule has 0 atom stereocenters.